The monoisotopic (exact) mass is 355 g/mol. The molecule has 0 N–H and O–H groups in total. The summed E-state index contributed by atoms with van der Waals surface area (Å²) in [6.07, 6.45) is 3.36. The molecule has 0 saturated heterocycles. The summed E-state index contributed by atoms with van der Waals surface area (Å²) in [5.41, 5.74) is 2.43. The van der Waals surface area contributed by atoms with Gasteiger partial charge in [-0.25, -0.2) is 0 Å². The van der Waals surface area contributed by atoms with Gasteiger partial charge in [-0.05, 0) is 31.0 Å². The molecule has 1 aromatic carbocycles. The molecule has 0 spiro atoms. The Labute approximate surface area is 151 Å². The number of carbonyl (C=O) groups is 2. The first kappa shape index (κ1) is 17.5. The van der Waals surface area contributed by atoms with Gasteiger partial charge in [-0.1, -0.05) is 43.2 Å². The standard InChI is InChI=1S/C20H21NO3S/c1-3-4-11-21-19(22)17(15-9-7-14(2)8-10-15)18(20(21)23)25-13-16-6-5-12-24-16/h5-10,12H,3-4,11,13H2,1-2H3. The van der Waals surface area contributed by atoms with Crippen molar-refractivity contribution in [2.24, 2.45) is 0 Å². The van der Waals surface area contributed by atoms with Gasteiger partial charge in [-0.2, -0.15) is 0 Å². The topological polar surface area (TPSA) is 50.5 Å². The smallest absolute Gasteiger partial charge is 0.267 e. The number of thioether (sulfide) groups is 1. The van der Waals surface area contributed by atoms with Crippen LogP contribution in [0.15, 0.2) is 52.0 Å². The summed E-state index contributed by atoms with van der Waals surface area (Å²) in [5, 5.41) is 0. The Balaban J connectivity index is 1.93. The van der Waals surface area contributed by atoms with Crippen molar-refractivity contribution >= 4 is 29.1 Å². The lowest BCUT2D eigenvalue weighted by Crippen LogP contribution is -2.32. The summed E-state index contributed by atoms with van der Waals surface area (Å²) < 4.78 is 5.35. The number of aryl methyl sites for hydroxylation is 1. The van der Waals surface area contributed by atoms with Crippen molar-refractivity contribution in [3.05, 3.63) is 64.5 Å². The Morgan fingerprint density at radius 1 is 1.08 bits per heavy atom. The van der Waals surface area contributed by atoms with Crippen molar-refractivity contribution in [3.63, 3.8) is 0 Å². The van der Waals surface area contributed by atoms with E-state index in [-0.39, 0.29) is 11.8 Å². The molecular formula is C20H21NO3S. The Morgan fingerprint density at radius 3 is 2.48 bits per heavy atom. The number of hydrogen-bond donors (Lipinski definition) is 0. The van der Waals surface area contributed by atoms with Gasteiger partial charge in [0.1, 0.15) is 5.76 Å². The third kappa shape index (κ3) is 3.71. The zero-order valence-corrected chi connectivity index (χ0v) is 15.3. The van der Waals surface area contributed by atoms with Crippen molar-refractivity contribution in [2.45, 2.75) is 32.4 Å². The van der Waals surface area contributed by atoms with Crippen molar-refractivity contribution in [1.29, 1.82) is 0 Å². The first-order chi connectivity index (χ1) is 12.1. The summed E-state index contributed by atoms with van der Waals surface area (Å²) in [5.74, 6) is 0.932. The van der Waals surface area contributed by atoms with Crippen LogP contribution in [-0.4, -0.2) is 23.3 Å². The van der Waals surface area contributed by atoms with E-state index in [1.807, 2.05) is 50.2 Å². The molecule has 1 aliphatic heterocycles. The molecule has 130 valence electrons. The summed E-state index contributed by atoms with van der Waals surface area (Å²) in [6, 6.07) is 11.4. The van der Waals surface area contributed by atoms with Crippen LogP contribution < -0.4 is 0 Å². The van der Waals surface area contributed by atoms with E-state index in [9.17, 15) is 9.59 Å². The van der Waals surface area contributed by atoms with Crippen LogP contribution in [0, 0.1) is 6.92 Å². The maximum atomic E-state index is 12.9. The molecule has 2 aromatic rings. The molecule has 3 rings (SSSR count). The summed E-state index contributed by atoms with van der Waals surface area (Å²) in [7, 11) is 0. The highest BCUT2D eigenvalue weighted by Crippen LogP contribution is 2.37. The number of rotatable bonds is 7. The fraction of sp³-hybridized carbons (Fsp3) is 0.300. The molecule has 4 nitrogen and oxygen atoms in total. The molecule has 0 saturated carbocycles. The second-order valence-electron chi connectivity index (χ2n) is 6.05. The molecule has 0 fully saturated rings. The van der Waals surface area contributed by atoms with E-state index in [1.54, 1.807) is 6.26 Å². The Bertz CT molecular complexity index is 791. The molecule has 25 heavy (non-hydrogen) atoms. The van der Waals surface area contributed by atoms with Crippen LogP contribution in [0.3, 0.4) is 0 Å². The molecule has 0 radical (unpaired) electrons. The molecule has 1 aliphatic rings. The van der Waals surface area contributed by atoms with Gasteiger partial charge < -0.3 is 4.42 Å². The van der Waals surface area contributed by atoms with Crippen molar-refractivity contribution in [2.75, 3.05) is 6.54 Å². The number of hydrogen-bond acceptors (Lipinski definition) is 4. The molecule has 2 heterocycles. The highest BCUT2D eigenvalue weighted by atomic mass is 32.2. The van der Waals surface area contributed by atoms with Gasteiger partial charge >= 0.3 is 0 Å². The number of imide groups is 1. The first-order valence-corrected chi connectivity index (χ1v) is 9.43. The number of carbonyl (C=O) groups excluding carboxylic acids is 2. The SMILES string of the molecule is CCCCN1C(=O)C(SCc2ccco2)=C(c2ccc(C)cc2)C1=O. The number of unbranched alkanes of at least 4 members (excludes halogenated alkanes) is 1. The van der Waals surface area contributed by atoms with Crippen LogP contribution in [0.5, 0.6) is 0 Å². The van der Waals surface area contributed by atoms with E-state index in [1.165, 1.54) is 16.7 Å². The lowest BCUT2D eigenvalue weighted by molar-refractivity contribution is -0.136. The summed E-state index contributed by atoms with van der Waals surface area (Å²) in [6.45, 7) is 4.51. The second-order valence-corrected chi connectivity index (χ2v) is 7.04. The van der Waals surface area contributed by atoms with Gasteiger partial charge in [0.15, 0.2) is 0 Å². The van der Waals surface area contributed by atoms with Gasteiger partial charge in [0.05, 0.1) is 22.5 Å². The molecule has 0 bridgehead atoms. The van der Waals surface area contributed by atoms with Gasteiger partial charge in [-0.15, -0.1) is 11.8 Å². The van der Waals surface area contributed by atoms with Gasteiger partial charge in [-0.3, -0.25) is 14.5 Å². The summed E-state index contributed by atoms with van der Waals surface area (Å²) >= 11 is 1.37. The molecular weight excluding hydrogens is 334 g/mol. The number of amides is 2. The molecule has 0 atom stereocenters. The van der Waals surface area contributed by atoms with Gasteiger partial charge in [0.2, 0.25) is 0 Å². The Morgan fingerprint density at radius 2 is 1.84 bits per heavy atom. The fourth-order valence-corrected chi connectivity index (χ4v) is 3.75. The van der Waals surface area contributed by atoms with Crippen molar-refractivity contribution in [1.82, 2.24) is 4.90 Å². The summed E-state index contributed by atoms with van der Waals surface area (Å²) in [4.78, 5) is 27.6. The second kappa shape index (κ2) is 7.74. The highest BCUT2D eigenvalue weighted by molar-refractivity contribution is 8.03. The zero-order valence-electron chi connectivity index (χ0n) is 14.5. The normalized spacial score (nSPS) is 14.7. The quantitative estimate of drug-likeness (QED) is 0.691. The fourth-order valence-electron chi connectivity index (χ4n) is 2.72. The third-order valence-corrected chi connectivity index (χ3v) is 5.24. The van der Waals surface area contributed by atoms with E-state index in [4.69, 9.17) is 4.42 Å². The number of benzene rings is 1. The average molecular weight is 355 g/mol. The molecule has 0 unspecified atom stereocenters. The van der Waals surface area contributed by atoms with E-state index in [2.05, 4.69) is 0 Å². The number of nitrogens with zero attached hydrogens (tertiary/aromatic N) is 1. The molecule has 0 aliphatic carbocycles. The lowest BCUT2D eigenvalue weighted by atomic mass is 10.0. The van der Waals surface area contributed by atoms with Crippen LogP contribution in [0.1, 0.15) is 36.7 Å². The van der Waals surface area contributed by atoms with E-state index in [0.29, 0.717) is 22.8 Å². The minimum Gasteiger partial charge on any atom is -0.468 e. The minimum atomic E-state index is -0.191. The van der Waals surface area contributed by atoms with E-state index in [0.717, 1.165) is 29.7 Å². The zero-order chi connectivity index (χ0) is 17.8. The van der Waals surface area contributed by atoms with Gasteiger partial charge in [0.25, 0.3) is 11.8 Å². The minimum absolute atomic E-state index is 0.189. The number of furan rings is 1. The highest BCUT2D eigenvalue weighted by Gasteiger charge is 2.38. The molecule has 1 aromatic heterocycles. The predicted molar refractivity (Wildman–Crippen MR) is 99.7 cm³/mol. The van der Waals surface area contributed by atoms with Gasteiger partial charge in [0, 0.05) is 6.54 Å². The van der Waals surface area contributed by atoms with Crippen LogP contribution in [0.25, 0.3) is 5.57 Å². The predicted octanol–water partition coefficient (Wildman–Crippen LogP) is 4.40. The van der Waals surface area contributed by atoms with Crippen LogP contribution in [-0.2, 0) is 15.3 Å². The largest absolute Gasteiger partial charge is 0.468 e. The Kier molecular flexibility index (Phi) is 5.43. The first-order valence-electron chi connectivity index (χ1n) is 8.44. The Hall–Kier alpha value is -2.27. The maximum absolute atomic E-state index is 12.9. The molecule has 5 heteroatoms. The lowest BCUT2D eigenvalue weighted by Gasteiger charge is -2.14. The van der Waals surface area contributed by atoms with E-state index >= 15 is 0 Å². The van der Waals surface area contributed by atoms with E-state index < -0.39 is 0 Å². The van der Waals surface area contributed by atoms with Crippen LogP contribution in [0.2, 0.25) is 0 Å². The molecule has 2 amide bonds. The average Bonchev–Trinajstić information content (AvgIpc) is 3.20. The van der Waals surface area contributed by atoms with Crippen LogP contribution >= 0.6 is 11.8 Å². The van der Waals surface area contributed by atoms with Crippen molar-refractivity contribution < 1.29 is 14.0 Å². The maximum Gasteiger partial charge on any atom is 0.267 e. The van der Waals surface area contributed by atoms with Crippen LogP contribution in [0.4, 0.5) is 0 Å². The van der Waals surface area contributed by atoms with Crippen molar-refractivity contribution in [3.8, 4) is 0 Å². The third-order valence-electron chi connectivity index (χ3n) is 4.14.